The van der Waals surface area contributed by atoms with Crippen molar-refractivity contribution in [3.63, 3.8) is 0 Å². The lowest BCUT2D eigenvalue weighted by Gasteiger charge is -2.15. The number of thiophene rings is 1. The number of esters is 1. The van der Waals surface area contributed by atoms with Crippen molar-refractivity contribution in [1.29, 1.82) is 0 Å². The fourth-order valence-electron chi connectivity index (χ4n) is 3.47. The zero-order valence-corrected chi connectivity index (χ0v) is 19.3. The average molecular weight is 442 g/mol. The molecule has 1 amide bonds. The van der Waals surface area contributed by atoms with Gasteiger partial charge in [0, 0.05) is 5.69 Å². The maximum atomic E-state index is 13.0. The topological polar surface area (TPSA) is 90.3 Å². The van der Waals surface area contributed by atoms with Crippen LogP contribution in [0.2, 0.25) is 0 Å². The van der Waals surface area contributed by atoms with Gasteiger partial charge in [-0.15, -0.1) is 11.3 Å². The minimum absolute atomic E-state index is 0.163. The number of carbonyl (C=O) groups excluding carboxylic acids is 2. The lowest BCUT2D eigenvalue weighted by atomic mass is 10.0. The molecule has 1 N–H and O–H groups in total. The number of aromatic nitrogens is 2. The van der Waals surface area contributed by atoms with Crippen molar-refractivity contribution in [2.45, 2.75) is 60.1 Å². The van der Waals surface area contributed by atoms with Gasteiger partial charge in [0.05, 0.1) is 17.8 Å². The molecule has 0 saturated carbocycles. The minimum Gasteiger partial charge on any atom is -0.459 e. The molecule has 7 nitrogen and oxygen atoms in total. The predicted molar refractivity (Wildman–Crippen MR) is 123 cm³/mol. The quantitative estimate of drug-likeness (QED) is 0.558. The lowest BCUT2D eigenvalue weighted by molar-refractivity contribution is -0.116. The Morgan fingerprint density at radius 2 is 1.84 bits per heavy atom. The Kier molecular flexibility index (Phi) is 6.90. The summed E-state index contributed by atoms with van der Waals surface area (Å²) >= 11 is 1.13. The van der Waals surface area contributed by atoms with Gasteiger partial charge in [-0.25, -0.2) is 9.78 Å². The largest absolute Gasteiger partial charge is 0.459 e. The van der Waals surface area contributed by atoms with Gasteiger partial charge in [-0.05, 0) is 50.3 Å². The Morgan fingerprint density at radius 1 is 1.19 bits per heavy atom. The van der Waals surface area contributed by atoms with Crippen LogP contribution in [-0.2, 0) is 28.9 Å². The van der Waals surface area contributed by atoms with E-state index in [9.17, 15) is 14.4 Å². The molecule has 0 aliphatic heterocycles. The van der Waals surface area contributed by atoms with Crippen LogP contribution in [0.5, 0.6) is 0 Å². The second kappa shape index (κ2) is 9.43. The molecule has 31 heavy (non-hydrogen) atoms. The molecule has 0 aliphatic rings. The maximum absolute atomic E-state index is 13.0. The Morgan fingerprint density at radius 3 is 2.42 bits per heavy atom. The van der Waals surface area contributed by atoms with Crippen LogP contribution in [-0.4, -0.2) is 27.5 Å². The second-order valence-electron chi connectivity index (χ2n) is 7.57. The molecule has 0 spiro atoms. The molecule has 0 saturated heterocycles. The standard InChI is InChI=1S/C23H27N3O4S/c1-6-15-9-8-10-16(7-2)19(15)25-17(27)11-26-12-24-21-18(22(26)28)14(5)20(31-21)23(29)30-13(3)4/h8-10,12-13H,6-7,11H2,1-5H3,(H,25,27). The summed E-state index contributed by atoms with van der Waals surface area (Å²) in [6, 6.07) is 5.96. The number of hydrogen-bond donors (Lipinski definition) is 1. The van der Waals surface area contributed by atoms with E-state index in [1.54, 1.807) is 20.8 Å². The third-order valence-corrected chi connectivity index (χ3v) is 6.20. The number of ether oxygens (including phenoxy) is 1. The molecular formula is C23H27N3O4S. The highest BCUT2D eigenvalue weighted by atomic mass is 32.1. The van der Waals surface area contributed by atoms with Gasteiger partial charge < -0.3 is 10.1 Å². The molecule has 1 aromatic carbocycles. The molecule has 0 unspecified atom stereocenters. The number of carbonyl (C=O) groups is 2. The Bertz CT molecular complexity index is 1170. The molecule has 0 atom stereocenters. The number of aryl methyl sites for hydroxylation is 3. The first-order valence-electron chi connectivity index (χ1n) is 10.4. The van der Waals surface area contributed by atoms with Crippen LogP contribution in [0.25, 0.3) is 10.2 Å². The van der Waals surface area contributed by atoms with Crippen molar-refractivity contribution in [3.8, 4) is 0 Å². The summed E-state index contributed by atoms with van der Waals surface area (Å²) in [5.74, 6) is -0.770. The summed E-state index contributed by atoms with van der Waals surface area (Å²) < 4.78 is 6.53. The molecule has 0 radical (unpaired) electrons. The van der Waals surface area contributed by atoms with Crippen LogP contribution in [0.4, 0.5) is 5.69 Å². The molecule has 3 aromatic rings. The number of fused-ring (bicyclic) bond motifs is 1. The van der Waals surface area contributed by atoms with Crippen molar-refractivity contribution < 1.29 is 14.3 Å². The van der Waals surface area contributed by atoms with Crippen LogP contribution in [0.3, 0.4) is 0 Å². The molecule has 3 rings (SSSR count). The first kappa shape index (κ1) is 22.7. The van der Waals surface area contributed by atoms with Gasteiger partial charge in [-0.1, -0.05) is 32.0 Å². The second-order valence-corrected chi connectivity index (χ2v) is 8.57. The molecule has 2 aromatic heterocycles. The Labute approximate surface area is 185 Å². The van der Waals surface area contributed by atoms with E-state index in [4.69, 9.17) is 4.74 Å². The highest BCUT2D eigenvalue weighted by molar-refractivity contribution is 7.20. The van der Waals surface area contributed by atoms with Crippen LogP contribution in [0.15, 0.2) is 29.3 Å². The molecule has 164 valence electrons. The normalized spacial score (nSPS) is 11.2. The average Bonchev–Trinajstić information content (AvgIpc) is 3.07. The summed E-state index contributed by atoms with van der Waals surface area (Å²) in [7, 11) is 0. The van der Waals surface area contributed by atoms with Crippen LogP contribution >= 0.6 is 11.3 Å². The van der Waals surface area contributed by atoms with Gasteiger partial charge in [0.1, 0.15) is 16.3 Å². The Balaban J connectivity index is 1.90. The number of nitrogens with one attached hydrogen (secondary N) is 1. The fourth-order valence-corrected chi connectivity index (χ4v) is 4.49. The van der Waals surface area contributed by atoms with E-state index in [1.807, 2.05) is 32.0 Å². The zero-order chi connectivity index (χ0) is 22.7. The molecule has 0 aliphatic carbocycles. The Hall–Kier alpha value is -3.00. The third-order valence-electron chi connectivity index (χ3n) is 5.02. The maximum Gasteiger partial charge on any atom is 0.348 e. The van der Waals surface area contributed by atoms with E-state index in [0.717, 1.165) is 41.0 Å². The highest BCUT2D eigenvalue weighted by Gasteiger charge is 2.22. The van der Waals surface area contributed by atoms with Crippen molar-refractivity contribution in [1.82, 2.24) is 9.55 Å². The molecular weight excluding hydrogens is 414 g/mol. The van der Waals surface area contributed by atoms with Gasteiger partial charge in [0.25, 0.3) is 5.56 Å². The van der Waals surface area contributed by atoms with Crippen molar-refractivity contribution in [3.05, 3.63) is 56.4 Å². The number of anilines is 1. The zero-order valence-electron chi connectivity index (χ0n) is 18.4. The van der Waals surface area contributed by atoms with Gasteiger partial charge in [-0.3, -0.25) is 14.2 Å². The predicted octanol–water partition coefficient (Wildman–Crippen LogP) is 4.10. The van der Waals surface area contributed by atoms with Gasteiger partial charge in [0.2, 0.25) is 5.91 Å². The summed E-state index contributed by atoms with van der Waals surface area (Å²) in [6.07, 6.45) is 2.68. The van der Waals surface area contributed by atoms with E-state index < -0.39 is 5.97 Å². The highest BCUT2D eigenvalue weighted by Crippen LogP contribution is 2.28. The number of amides is 1. The van der Waals surface area contributed by atoms with Crippen LogP contribution < -0.4 is 10.9 Å². The fraction of sp³-hybridized carbons (Fsp3) is 0.391. The summed E-state index contributed by atoms with van der Waals surface area (Å²) in [5, 5.41) is 3.31. The lowest BCUT2D eigenvalue weighted by Crippen LogP contribution is -2.28. The number of benzene rings is 1. The van der Waals surface area contributed by atoms with E-state index in [0.29, 0.717) is 20.7 Å². The molecule has 0 bridgehead atoms. The SMILES string of the molecule is CCc1cccc(CC)c1NC(=O)Cn1cnc2sc(C(=O)OC(C)C)c(C)c2c1=O. The van der Waals surface area contributed by atoms with Crippen molar-refractivity contribution in [2.75, 3.05) is 5.32 Å². The van der Waals surface area contributed by atoms with Gasteiger partial charge in [-0.2, -0.15) is 0 Å². The number of para-hydroxylation sites is 1. The smallest absolute Gasteiger partial charge is 0.348 e. The molecule has 2 heterocycles. The van der Waals surface area contributed by atoms with Crippen LogP contribution in [0.1, 0.15) is 54.1 Å². The van der Waals surface area contributed by atoms with Crippen LogP contribution in [0, 0.1) is 6.92 Å². The van der Waals surface area contributed by atoms with E-state index in [2.05, 4.69) is 10.3 Å². The van der Waals surface area contributed by atoms with Crippen molar-refractivity contribution in [2.24, 2.45) is 0 Å². The number of rotatable bonds is 7. The summed E-state index contributed by atoms with van der Waals surface area (Å²) in [4.78, 5) is 43.3. The first-order valence-corrected chi connectivity index (χ1v) is 11.2. The summed E-state index contributed by atoms with van der Waals surface area (Å²) in [5.41, 5.74) is 3.09. The molecule has 0 fully saturated rings. The van der Waals surface area contributed by atoms with E-state index in [-0.39, 0.29) is 24.1 Å². The van der Waals surface area contributed by atoms with E-state index in [1.165, 1.54) is 10.9 Å². The monoisotopic (exact) mass is 441 g/mol. The van der Waals surface area contributed by atoms with Crippen molar-refractivity contribution >= 4 is 39.1 Å². The van der Waals surface area contributed by atoms with Gasteiger partial charge in [0.15, 0.2) is 0 Å². The summed E-state index contributed by atoms with van der Waals surface area (Å²) in [6.45, 7) is 9.15. The molecule has 8 heteroatoms. The minimum atomic E-state index is -0.470. The number of hydrogen-bond acceptors (Lipinski definition) is 6. The number of nitrogens with zero attached hydrogens (tertiary/aromatic N) is 2. The van der Waals surface area contributed by atoms with E-state index >= 15 is 0 Å². The first-order chi connectivity index (χ1) is 14.8. The third kappa shape index (κ3) is 4.69. The van der Waals surface area contributed by atoms with Gasteiger partial charge >= 0.3 is 5.97 Å².